The Bertz CT molecular complexity index is 1270. The fourth-order valence-corrected chi connectivity index (χ4v) is 4.09. The van der Waals surface area contributed by atoms with Gasteiger partial charge in [-0.1, -0.05) is 41.2 Å². The van der Waals surface area contributed by atoms with Crippen LogP contribution < -0.4 is 16.0 Å². The summed E-state index contributed by atoms with van der Waals surface area (Å²) in [5, 5.41) is 11.9. The molecule has 2 amide bonds. The van der Waals surface area contributed by atoms with Crippen LogP contribution in [0, 0.1) is 10.9 Å². The summed E-state index contributed by atoms with van der Waals surface area (Å²) in [6.45, 7) is 1.91. The SMILES string of the molecule is Cc1ccc2c(c1)=C(c1sc(=S)n(NC(=O)c3ccccc3)c1O)C(=O)N=2. The maximum atomic E-state index is 12.4. The highest BCUT2D eigenvalue weighted by atomic mass is 32.1. The first-order valence-electron chi connectivity index (χ1n) is 8.01. The standard InChI is InChI=1S/C19H13N3O3S2/c1-10-7-8-13-12(9-10)14(17(24)20-13)15-18(25)22(19(26)27-15)21-16(23)11-5-3-2-4-6-11/h2-9,25H,1H3,(H,21,23). The Morgan fingerprint density at radius 2 is 1.96 bits per heavy atom. The van der Waals surface area contributed by atoms with Gasteiger partial charge in [0.05, 0.1) is 10.9 Å². The van der Waals surface area contributed by atoms with Crippen molar-refractivity contribution in [3.8, 4) is 5.88 Å². The maximum absolute atomic E-state index is 12.4. The van der Waals surface area contributed by atoms with E-state index in [1.54, 1.807) is 36.4 Å². The van der Waals surface area contributed by atoms with Crippen molar-refractivity contribution < 1.29 is 14.7 Å². The zero-order valence-electron chi connectivity index (χ0n) is 14.1. The van der Waals surface area contributed by atoms with Crippen molar-refractivity contribution in [2.45, 2.75) is 6.92 Å². The summed E-state index contributed by atoms with van der Waals surface area (Å²) in [6.07, 6.45) is 0. The fourth-order valence-electron chi connectivity index (χ4n) is 2.83. The predicted molar refractivity (Wildman–Crippen MR) is 104 cm³/mol. The predicted octanol–water partition coefficient (Wildman–Crippen LogP) is 2.04. The van der Waals surface area contributed by atoms with E-state index in [0.29, 0.717) is 16.1 Å². The van der Waals surface area contributed by atoms with E-state index in [4.69, 9.17) is 12.2 Å². The van der Waals surface area contributed by atoms with Crippen LogP contribution in [0.25, 0.3) is 5.57 Å². The maximum Gasteiger partial charge on any atom is 0.279 e. The summed E-state index contributed by atoms with van der Waals surface area (Å²) in [7, 11) is 0. The van der Waals surface area contributed by atoms with Crippen molar-refractivity contribution in [1.82, 2.24) is 4.68 Å². The largest absolute Gasteiger partial charge is 0.492 e. The average Bonchev–Trinajstić information content (AvgIpc) is 3.12. The van der Waals surface area contributed by atoms with Crippen LogP contribution in [0.1, 0.15) is 20.8 Å². The molecular formula is C19H13N3O3S2. The quantitative estimate of drug-likeness (QED) is 0.665. The summed E-state index contributed by atoms with van der Waals surface area (Å²) >= 11 is 6.32. The Kier molecular flexibility index (Phi) is 4.21. The van der Waals surface area contributed by atoms with E-state index in [-0.39, 0.29) is 20.3 Å². The second-order valence-corrected chi connectivity index (χ2v) is 7.62. The number of hydrogen-bond acceptors (Lipinski definition) is 5. The van der Waals surface area contributed by atoms with Gasteiger partial charge in [0.1, 0.15) is 4.88 Å². The van der Waals surface area contributed by atoms with Gasteiger partial charge in [0.15, 0.2) is 3.95 Å². The molecule has 1 aliphatic heterocycles. The van der Waals surface area contributed by atoms with Gasteiger partial charge in [0, 0.05) is 10.8 Å². The first-order chi connectivity index (χ1) is 13.0. The van der Waals surface area contributed by atoms with Crippen molar-refractivity contribution in [3.63, 3.8) is 0 Å². The number of nitrogens with zero attached hydrogens (tertiary/aromatic N) is 2. The van der Waals surface area contributed by atoms with Gasteiger partial charge in [-0.05, 0) is 43.4 Å². The van der Waals surface area contributed by atoms with Crippen LogP contribution in [0.3, 0.4) is 0 Å². The van der Waals surface area contributed by atoms with Crippen LogP contribution in [-0.4, -0.2) is 21.6 Å². The Morgan fingerprint density at radius 3 is 2.70 bits per heavy atom. The van der Waals surface area contributed by atoms with Gasteiger partial charge >= 0.3 is 0 Å². The van der Waals surface area contributed by atoms with Crippen molar-refractivity contribution in [3.05, 3.63) is 79.1 Å². The van der Waals surface area contributed by atoms with Gasteiger partial charge in [0.2, 0.25) is 5.88 Å². The molecule has 0 atom stereocenters. The van der Waals surface area contributed by atoms with E-state index < -0.39 is 11.8 Å². The molecule has 0 spiro atoms. The lowest BCUT2D eigenvalue weighted by atomic mass is 10.1. The summed E-state index contributed by atoms with van der Waals surface area (Å²) in [5.74, 6) is -1.15. The number of carbonyl (C=O) groups is 2. The zero-order chi connectivity index (χ0) is 19.1. The van der Waals surface area contributed by atoms with Crippen LogP contribution in [0.15, 0.2) is 53.5 Å². The van der Waals surface area contributed by atoms with Crippen molar-refractivity contribution in [1.29, 1.82) is 0 Å². The van der Waals surface area contributed by atoms with Crippen LogP contribution in [0.4, 0.5) is 0 Å². The first-order valence-corrected chi connectivity index (χ1v) is 9.24. The number of aromatic hydroxyl groups is 1. The minimum atomic E-state index is -0.441. The van der Waals surface area contributed by atoms with Crippen LogP contribution in [0.5, 0.6) is 5.88 Å². The monoisotopic (exact) mass is 395 g/mol. The first kappa shape index (κ1) is 17.3. The molecule has 134 valence electrons. The molecule has 2 heterocycles. The van der Waals surface area contributed by atoms with Gasteiger partial charge in [-0.15, -0.1) is 0 Å². The molecule has 4 rings (SSSR count). The van der Waals surface area contributed by atoms with Crippen LogP contribution in [-0.2, 0) is 4.79 Å². The molecule has 0 unspecified atom stereocenters. The number of thiazole rings is 1. The molecular weight excluding hydrogens is 382 g/mol. The normalized spacial score (nSPS) is 12.6. The Balaban J connectivity index is 1.82. The number of rotatable bonds is 3. The number of nitrogens with one attached hydrogen (secondary N) is 1. The minimum absolute atomic E-state index is 0.216. The van der Waals surface area contributed by atoms with Crippen LogP contribution in [0.2, 0.25) is 0 Å². The Hall–Kier alpha value is -3.10. The highest BCUT2D eigenvalue weighted by molar-refractivity contribution is 7.73. The molecule has 6 nitrogen and oxygen atoms in total. The van der Waals surface area contributed by atoms with E-state index in [1.165, 1.54) is 0 Å². The lowest BCUT2D eigenvalue weighted by Gasteiger charge is -2.07. The molecule has 0 radical (unpaired) electrons. The molecule has 0 bridgehead atoms. The highest BCUT2D eigenvalue weighted by Gasteiger charge is 2.26. The van der Waals surface area contributed by atoms with E-state index in [1.807, 2.05) is 19.1 Å². The van der Waals surface area contributed by atoms with Gasteiger partial charge in [-0.2, -0.15) is 4.68 Å². The molecule has 0 saturated carbocycles. The van der Waals surface area contributed by atoms with E-state index in [2.05, 4.69) is 10.4 Å². The molecule has 2 N–H and O–H groups in total. The topological polar surface area (TPSA) is 83.7 Å². The molecule has 8 heteroatoms. The van der Waals surface area contributed by atoms with E-state index in [0.717, 1.165) is 21.6 Å². The van der Waals surface area contributed by atoms with Crippen molar-refractivity contribution >= 4 is 40.9 Å². The second kappa shape index (κ2) is 6.57. The number of amides is 2. The molecule has 1 aliphatic rings. The number of fused-ring (bicyclic) bond motifs is 1. The number of aryl methyl sites for hydroxylation is 1. The molecule has 2 aromatic carbocycles. The van der Waals surface area contributed by atoms with E-state index >= 15 is 0 Å². The molecule has 3 aromatic rings. The number of aromatic nitrogens is 1. The lowest BCUT2D eigenvalue weighted by molar-refractivity contribution is -0.112. The van der Waals surface area contributed by atoms with Crippen molar-refractivity contribution in [2.75, 3.05) is 5.43 Å². The molecule has 27 heavy (non-hydrogen) atoms. The summed E-state index contributed by atoms with van der Waals surface area (Å²) in [4.78, 5) is 29.1. The number of benzene rings is 2. The van der Waals surface area contributed by atoms with Gasteiger partial charge in [0.25, 0.3) is 11.8 Å². The Morgan fingerprint density at radius 1 is 1.22 bits per heavy atom. The van der Waals surface area contributed by atoms with Gasteiger partial charge < -0.3 is 5.11 Å². The number of hydrogen-bond donors (Lipinski definition) is 2. The van der Waals surface area contributed by atoms with Crippen molar-refractivity contribution in [2.24, 2.45) is 4.99 Å². The summed E-state index contributed by atoms with van der Waals surface area (Å²) < 4.78 is 1.33. The van der Waals surface area contributed by atoms with Gasteiger partial charge in [-0.3, -0.25) is 15.0 Å². The van der Waals surface area contributed by atoms with Gasteiger partial charge in [-0.25, -0.2) is 4.99 Å². The zero-order valence-corrected chi connectivity index (χ0v) is 15.7. The second-order valence-electron chi connectivity index (χ2n) is 5.98. The molecule has 0 saturated heterocycles. The summed E-state index contributed by atoms with van der Waals surface area (Å²) in [6, 6.07) is 14.0. The average molecular weight is 395 g/mol. The molecule has 0 fully saturated rings. The third kappa shape index (κ3) is 2.98. The Labute approximate surface area is 162 Å². The number of carbonyl (C=O) groups excluding carboxylic acids is 2. The molecule has 0 aliphatic carbocycles. The lowest BCUT2D eigenvalue weighted by Crippen LogP contribution is -2.24. The summed E-state index contributed by atoms with van der Waals surface area (Å²) in [5.41, 5.74) is 4.25. The fraction of sp³-hybridized carbons (Fsp3) is 0.0526. The van der Waals surface area contributed by atoms with Crippen LogP contribution >= 0.6 is 23.6 Å². The smallest absolute Gasteiger partial charge is 0.279 e. The third-order valence-electron chi connectivity index (χ3n) is 4.12. The van der Waals surface area contributed by atoms with E-state index in [9.17, 15) is 14.7 Å². The molecule has 1 aromatic heterocycles. The highest BCUT2D eigenvalue weighted by Crippen LogP contribution is 2.31. The minimum Gasteiger partial charge on any atom is -0.492 e. The third-order valence-corrected chi connectivity index (χ3v) is 5.50.